The minimum absolute atomic E-state index is 0.171. The monoisotopic (exact) mass is 374 g/mol. The molecule has 1 aromatic rings. The van der Waals surface area contributed by atoms with Crippen LogP contribution in [0.2, 0.25) is 0 Å². The van der Waals surface area contributed by atoms with Crippen LogP contribution in [0.15, 0.2) is 35.2 Å². The van der Waals surface area contributed by atoms with Crippen molar-refractivity contribution in [2.45, 2.75) is 44.0 Å². The average Bonchev–Trinajstić information content (AvgIpc) is 3.26. The number of ether oxygens (including phenoxy) is 2. The summed E-state index contributed by atoms with van der Waals surface area (Å²) in [5, 5.41) is 22.3. The number of aliphatic hydroxyl groups is 2. The predicted molar refractivity (Wildman–Crippen MR) is 90.0 cm³/mol. The zero-order chi connectivity index (χ0) is 19.0. The van der Waals surface area contributed by atoms with Crippen LogP contribution in [0, 0.1) is 22.7 Å². The third-order valence-corrected chi connectivity index (χ3v) is 7.51. The lowest BCUT2D eigenvalue weighted by atomic mass is 9.43. The van der Waals surface area contributed by atoms with Crippen LogP contribution in [0.1, 0.15) is 37.9 Å². The molecule has 2 N–H and O–H groups in total. The Morgan fingerprint density at radius 1 is 1.22 bits per heavy atom. The summed E-state index contributed by atoms with van der Waals surface area (Å²) in [6, 6.07) is 1.73. The van der Waals surface area contributed by atoms with E-state index in [4.69, 9.17) is 13.9 Å². The van der Waals surface area contributed by atoms with E-state index in [-0.39, 0.29) is 19.0 Å². The smallest absolute Gasteiger partial charge is 0.339 e. The van der Waals surface area contributed by atoms with Gasteiger partial charge in [0.15, 0.2) is 5.60 Å². The Bertz CT molecular complexity index is 829. The second-order valence-corrected chi connectivity index (χ2v) is 8.60. The average molecular weight is 374 g/mol. The summed E-state index contributed by atoms with van der Waals surface area (Å²) in [6.07, 6.45) is 5.79. The van der Waals surface area contributed by atoms with Crippen molar-refractivity contribution in [1.29, 1.82) is 0 Å². The molecule has 2 aliphatic heterocycles. The normalized spacial score (nSPS) is 48.3. The highest BCUT2D eigenvalue weighted by Gasteiger charge is 2.73. The number of carbonyl (C=O) groups is 2. The van der Waals surface area contributed by atoms with Gasteiger partial charge in [0.1, 0.15) is 6.10 Å². The molecule has 0 bridgehead atoms. The molecule has 0 aromatic carbocycles. The quantitative estimate of drug-likeness (QED) is 0.567. The van der Waals surface area contributed by atoms with E-state index in [1.807, 2.05) is 6.92 Å². The summed E-state index contributed by atoms with van der Waals surface area (Å²) in [5.74, 6) is -1.95. The van der Waals surface area contributed by atoms with Gasteiger partial charge in [-0.2, -0.15) is 0 Å². The number of cyclic esters (lactones) is 2. The maximum absolute atomic E-state index is 12.9. The topological polar surface area (TPSA) is 106 Å². The van der Waals surface area contributed by atoms with Crippen LogP contribution in [0.4, 0.5) is 0 Å². The molecule has 1 aromatic heterocycles. The second-order valence-electron chi connectivity index (χ2n) is 8.60. The van der Waals surface area contributed by atoms with Crippen molar-refractivity contribution in [3.8, 4) is 0 Å². The molecule has 0 radical (unpaired) electrons. The number of carbonyl (C=O) groups excluding carboxylic acids is 2. The maximum atomic E-state index is 12.9. The molecule has 27 heavy (non-hydrogen) atoms. The van der Waals surface area contributed by atoms with Crippen molar-refractivity contribution in [2.75, 3.05) is 6.61 Å². The maximum Gasteiger partial charge on any atom is 0.339 e. The van der Waals surface area contributed by atoms with E-state index >= 15 is 0 Å². The van der Waals surface area contributed by atoms with Gasteiger partial charge in [-0.3, -0.25) is 4.79 Å². The van der Waals surface area contributed by atoms with Gasteiger partial charge in [-0.1, -0.05) is 19.1 Å². The second kappa shape index (κ2) is 5.23. The molecular weight excluding hydrogens is 352 g/mol. The molecule has 7 heteroatoms. The van der Waals surface area contributed by atoms with Crippen LogP contribution in [-0.4, -0.2) is 40.5 Å². The summed E-state index contributed by atoms with van der Waals surface area (Å²) in [7, 11) is 0. The third-order valence-electron chi connectivity index (χ3n) is 7.51. The lowest BCUT2D eigenvalue weighted by molar-refractivity contribution is -0.258. The molecule has 3 heterocycles. The van der Waals surface area contributed by atoms with Gasteiger partial charge in [0, 0.05) is 22.3 Å². The summed E-state index contributed by atoms with van der Waals surface area (Å²) in [5.41, 5.74) is -2.61. The van der Waals surface area contributed by atoms with Gasteiger partial charge in [0.2, 0.25) is 0 Å². The number of rotatable bonds is 1. The van der Waals surface area contributed by atoms with Crippen LogP contribution in [0.25, 0.3) is 0 Å². The molecule has 0 amide bonds. The van der Waals surface area contributed by atoms with Crippen LogP contribution in [-0.2, 0) is 19.1 Å². The Morgan fingerprint density at radius 2 is 2.04 bits per heavy atom. The minimum atomic E-state index is -1.72. The van der Waals surface area contributed by atoms with Gasteiger partial charge in [-0.15, -0.1) is 0 Å². The molecular formula is C20H22O7. The van der Waals surface area contributed by atoms with Crippen molar-refractivity contribution in [1.82, 2.24) is 0 Å². The molecule has 4 aliphatic rings. The first-order valence-electron chi connectivity index (χ1n) is 9.30. The van der Waals surface area contributed by atoms with Crippen molar-refractivity contribution in [2.24, 2.45) is 22.7 Å². The highest BCUT2D eigenvalue weighted by Crippen LogP contribution is 2.67. The molecule has 144 valence electrons. The SMILES string of the molecule is CC12CC(c3ccoc3)OC(=O)C1(O)CCC13COC(=O)C1C=CC(O)C32. The predicted octanol–water partition coefficient (Wildman–Crippen LogP) is 1.51. The van der Waals surface area contributed by atoms with Crippen LogP contribution in [0.5, 0.6) is 0 Å². The Balaban J connectivity index is 1.64. The molecule has 7 atom stereocenters. The lowest BCUT2D eigenvalue weighted by Gasteiger charge is -2.63. The fourth-order valence-electron chi connectivity index (χ4n) is 6.13. The Kier molecular flexibility index (Phi) is 3.30. The van der Waals surface area contributed by atoms with Gasteiger partial charge in [0.25, 0.3) is 0 Å². The molecule has 3 fully saturated rings. The molecule has 7 nitrogen and oxygen atoms in total. The summed E-state index contributed by atoms with van der Waals surface area (Å²) >= 11 is 0. The zero-order valence-corrected chi connectivity index (χ0v) is 15.0. The first kappa shape index (κ1) is 17.0. The highest BCUT2D eigenvalue weighted by molar-refractivity contribution is 5.83. The van der Waals surface area contributed by atoms with Crippen molar-refractivity contribution < 1.29 is 33.7 Å². The number of aliphatic hydroxyl groups excluding tert-OH is 1. The van der Waals surface area contributed by atoms with E-state index in [2.05, 4.69) is 0 Å². The molecule has 5 rings (SSSR count). The fourth-order valence-corrected chi connectivity index (χ4v) is 6.13. The van der Waals surface area contributed by atoms with Gasteiger partial charge in [-0.25, -0.2) is 4.79 Å². The lowest BCUT2D eigenvalue weighted by Crippen LogP contribution is -2.70. The molecule has 1 saturated carbocycles. The van der Waals surface area contributed by atoms with E-state index in [1.165, 1.54) is 12.5 Å². The Morgan fingerprint density at radius 3 is 2.78 bits per heavy atom. The van der Waals surface area contributed by atoms with E-state index in [9.17, 15) is 19.8 Å². The minimum Gasteiger partial charge on any atom is -0.472 e. The number of esters is 2. The van der Waals surface area contributed by atoms with Crippen molar-refractivity contribution in [3.05, 3.63) is 36.3 Å². The van der Waals surface area contributed by atoms with Crippen molar-refractivity contribution >= 4 is 11.9 Å². The standard InChI is InChI=1S/C20H22O7/c1-18-8-14(11-4-7-25-9-11)27-17(23)20(18,24)6-5-19-10-26-16(22)12(19)2-3-13(21)15(18)19/h2-4,7,9,12-15,21,24H,5-6,8,10H2,1H3. The van der Waals surface area contributed by atoms with Crippen LogP contribution >= 0.6 is 0 Å². The van der Waals surface area contributed by atoms with Gasteiger partial charge < -0.3 is 24.1 Å². The number of hydrogen-bond acceptors (Lipinski definition) is 7. The van der Waals surface area contributed by atoms with Gasteiger partial charge in [0.05, 0.1) is 31.2 Å². The van der Waals surface area contributed by atoms with Crippen LogP contribution < -0.4 is 0 Å². The van der Waals surface area contributed by atoms with E-state index in [0.717, 1.165) is 0 Å². The summed E-state index contributed by atoms with van der Waals surface area (Å²) in [6.45, 7) is 2.02. The van der Waals surface area contributed by atoms with E-state index in [0.29, 0.717) is 18.4 Å². The zero-order valence-electron chi connectivity index (χ0n) is 15.0. The molecule has 7 unspecified atom stereocenters. The summed E-state index contributed by atoms with van der Waals surface area (Å²) in [4.78, 5) is 25.2. The van der Waals surface area contributed by atoms with Gasteiger partial charge >= 0.3 is 11.9 Å². The largest absolute Gasteiger partial charge is 0.472 e. The summed E-state index contributed by atoms with van der Waals surface area (Å²) < 4.78 is 16.1. The first-order chi connectivity index (χ1) is 12.8. The van der Waals surface area contributed by atoms with Crippen LogP contribution in [0.3, 0.4) is 0 Å². The Labute approximate surface area is 155 Å². The fraction of sp³-hybridized carbons (Fsp3) is 0.600. The highest BCUT2D eigenvalue weighted by atomic mass is 16.6. The first-order valence-corrected chi connectivity index (χ1v) is 9.30. The Hall–Kier alpha value is -2.12. The van der Waals surface area contributed by atoms with E-state index < -0.39 is 46.4 Å². The molecule has 2 saturated heterocycles. The molecule has 1 spiro atoms. The number of hydrogen-bond donors (Lipinski definition) is 2. The van der Waals surface area contributed by atoms with E-state index in [1.54, 1.807) is 18.2 Å². The van der Waals surface area contributed by atoms with Crippen molar-refractivity contribution in [3.63, 3.8) is 0 Å². The molecule has 2 aliphatic carbocycles. The number of furan rings is 1. The van der Waals surface area contributed by atoms with Gasteiger partial charge in [-0.05, 0) is 25.3 Å². The number of fused-ring (bicyclic) bond motifs is 2. The third kappa shape index (κ3) is 1.93.